The molecule has 0 radical (unpaired) electrons. The van der Waals surface area contributed by atoms with E-state index in [1.807, 2.05) is 6.92 Å². The molecule has 0 saturated heterocycles. The van der Waals surface area contributed by atoms with Gasteiger partial charge in [-0.05, 0) is 6.42 Å². The van der Waals surface area contributed by atoms with Crippen LogP contribution < -0.4 is 5.32 Å². The van der Waals surface area contributed by atoms with Crippen molar-refractivity contribution in [3.63, 3.8) is 0 Å². The molecule has 5 nitrogen and oxygen atoms in total. The molecule has 0 aliphatic rings. The Labute approximate surface area is 84.4 Å². The first-order chi connectivity index (χ1) is 6.65. The highest BCUT2D eigenvalue weighted by Crippen LogP contribution is 1.94. The van der Waals surface area contributed by atoms with E-state index in [0.717, 1.165) is 0 Å². The van der Waals surface area contributed by atoms with Crippen molar-refractivity contribution in [1.29, 1.82) is 0 Å². The van der Waals surface area contributed by atoms with Gasteiger partial charge in [-0.1, -0.05) is 6.92 Å². The van der Waals surface area contributed by atoms with Gasteiger partial charge >= 0.3 is 5.97 Å². The number of ether oxygens (including phenoxy) is 2. The lowest BCUT2D eigenvalue weighted by atomic mass is 10.2. The van der Waals surface area contributed by atoms with Gasteiger partial charge in [-0.15, -0.1) is 0 Å². The number of nitrogens with one attached hydrogen (secondary N) is 1. The van der Waals surface area contributed by atoms with Gasteiger partial charge in [-0.3, -0.25) is 4.79 Å². The number of carbonyl (C=O) groups is 1. The predicted molar refractivity (Wildman–Crippen MR) is 52.4 cm³/mol. The minimum Gasteiger partial charge on any atom is -0.480 e. The molecule has 5 heteroatoms. The van der Waals surface area contributed by atoms with Gasteiger partial charge in [0.25, 0.3) is 0 Å². The van der Waals surface area contributed by atoms with Crippen LogP contribution in [0.3, 0.4) is 0 Å². The minimum absolute atomic E-state index is 0.103. The zero-order valence-electron chi connectivity index (χ0n) is 8.95. The van der Waals surface area contributed by atoms with Crippen LogP contribution in [0.2, 0.25) is 0 Å². The zero-order chi connectivity index (χ0) is 11.0. The Morgan fingerprint density at radius 3 is 2.50 bits per heavy atom. The van der Waals surface area contributed by atoms with Crippen molar-refractivity contribution >= 4 is 5.97 Å². The first-order valence-corrected chi connectivity index (χ1v) is 4.63. The second kappa shape index (κ2) is 7.73. The number of carboxylic acids is 1. The molecule has 0 bridgehead atoms. The summed E-state index contributed by atoms with van der Waals surface area (Å²) < 4.78 is 9.99. The van der Waals surface area contributed by atoms with E-state index >= 15 is 0 Å². The molecule has 0 fully saturated rings. The first kappa shape index (κ1) is 13.4. The molecule has 2 unspecified atom stereocenters. The Bertz CT molecular complexity index is 163. The van der Waals surface area contributed by atoms with Crippen molar-refractivity contribution in [3.8, 4) is 0 Å². The molecule has 0 aromatic heterocycles. The van der Waals surface area contributed by atoms with E-state index in [-0.39, 0.29) is 6.10 Å². The summed E-state index contributed by atoms with van der Waals surface area (Å²) in [7, 11) is 3.16. The van der Waals surface area contributed by atoms with Crippen LogP contribution in [0.1, 0.15) is 13.3 Å². The first-order valence-electron chi connectivity index (χ1n) is 4.63. The van der Waals surface area contributed by atoms with Gasteiger partial charge in [0.2, 0.25) is 0 Å². The number of hydrogen-bond acceptors (Lipinski definition) is 4. The van der Waals surface area contributed by atoms with E-state index in [0.29, 0.717) is 19.6 Å². The van der Waals surface area contributed by atoms with Gasteiger partial charge in [-0.25, -0.2) is 0 Å². The van der Waals surface area contributed by atoms with E-state index in [1.165, 1.54) is 0 Å². The molecule has 0 rings (SSSR count). The summed E-state index contributed by atoms with van der Waals surface area (Å²) in [5.74, 6) is -0.834. The fourth-order valence-corrected chi connectivity index (χ4v) is 1.08. The monoisotopic (exact) mass is 205 g/mol. The van der Waals surface area contributed by atoms with Gasteiger partial charge in [0.05, 0.1) is 12.7 Å². The third-order valence-electron chi connectivity index (χ3n) is 1.98. The average molecular weight is 205 g/mol. The van der Waals surface area contributed by atoms with E-state index in [9.17, 15) is 4.79 Å². The summed E-state index contributed by atoms with van der Waals surface area (Å²) in [4.78, 5) is 10.7. The van der Waals surface area contributed by atoms with E-state index in [4.69, 9.17) is 14.6 Å². The number of hydrogen-bond donors (Lipinski definition) is 2. The van der Waals surface area contributed by atoms with Gasteiger partial charge in [0.15, 0.2) is 0 Å². The van der Waals surface area contributed by atoms with Gasteiger partial charge < -0.3 is 19.9 Å². The van der Waals surface area contributed by atoms with Crippen LogP contribution in [0.4, 0.5) is 0 Å². The van der Waals surface area contributed by atoms with Crippen LogP contribution in [0.25, 0.3) is 0 Å². The summed E-state index contributed by atoms with van der Waals surface area (Å²) in [6.07, 6.45) is 0.451. The number of carboxylic acid groups (broad SMARTS) is 1. The normalized spacial score (nSPS) is 15.1. The van der Waals surface area contributed by atoms with Crippen molar-refractivity contribution in [3.05, 3.63) is 0 Å². The Morgan fingerprint density at radius 2 is 2.14 bits per heavy atom. The molecule has 2 N–H and O–H groups in total. The van der Waals surface area contributed by atoms with Crippen LogP contribution in [0, 0.1) is 0 Å². The van der Waals surface area contributed by atoms with E-state index in [1.54, 1.807) is 14.2 Å². The molecule has 2 atom stereocenters. The van der Waals surface area contributed by atoms with Crippen LogP contribution >= 0.6 is 0 Å². The molecular formula is C9H19NO4. The van der Waals surface area contributed by atoms with Crippen molar-refractivity contribution < 1.29 is 19.4 Å². The average Bonchev–Trinajstić information content (AvgIpc) is 2.16. The number of methoxy groups -OCH3 is 2. The van der Waals surface area contributed by atoms with Crippen LogP contribution in [0.5, 0.6) is 0 Å². The molecule has 0 aliphatic carbocycles. The highest BCUT2D eigenvalue weighted by Gasteiger charge is 2.16. The quantitative estimate of drug-likeness (QED) is 0.588. The maximum Gasteiger partial charge on any atom is 0.320 e. The second-order valence-electron chi connectivity index (χ2n) is 3.02. The van der Waals surface area contributed by atoms with E-state index in [2.05, 4.69) is 5.32 Å². The molecule has 0 aromatic rings. The Balaban J connectivity index is 3.81. The lowest BCUT2D eigenvalue weighted by molar-refractivity contribution is -0.139. The third kappa shape index (κ3) is 5.16. The largest absolute Gasteiger partial charge is 0.480 e. The molecule has 0 aliphatic heterocycles. The number of aliphatic carboxylic acids is 1. The Kier molecular flexibility index (Phi) is 7.37. The Morgan fingerprint density at radius 1 is 1.50 bits per heavy atom. The van der Waals surface area contributed by atoms with Crippen LogP contribution in [0.15, 0.2) is 0 Å². The lowest BCUT2D eigenvalue weighted by Gasteiger charge is -2.18. The van der Waals surface area contributed by atoms with E-state index < -0.39 is 12.0 Å². The smallest absolute Gasteiger partial charge is 0.320 e. The molecule has 84 valence electrons. The van der Waals surface area contributed by atoms with Crippen molar-refractivity contribution in [2.45, 2.75) is 25.5 Å². The minimum atomic E-state index is -0.834. The molecule has 0 amide bonds. The maximum atomic E-state index is 10.7. The highest BCUT2D eigenvalue weighted by atomic mass is 16.5. The van der Waals surface area contributed by atoms with Gasteiger partial charge in [0.1, 0.15) is 6.04 Å². The summed E-state index contributed by atoms with van der Waals surface area (Å²) >= 11 is 0. The van der Waals surface area contributed by atoms with Crippen LogP contribution in [-0.4, -0.2) is 50.6 Å². The highest BCUT2D eigenvalue weighted by molar-refractivity contribution is 5.73. The summed E-state index contributed by atoms with van der Waals surface area (Å²) in [6.45, 7) is 2.76. The summed E-state index contributed by atoms with van der Waals surface area (Å²) in [6, 6.07) is -0.510. The van der Waals surface area contributed by atoms with Crippen molar-refractivity contribution in [1.82, 2.24) is 5.32 Å². The Hall–Kier alpha value is -0.650. The van der Waals surface area contributed by atoms with Gasteiger partial charge in [0, 0.05) is 20.8 Å². The SMILES string of the molecule is CCC(NCC(COC)OC)C(=O)O. The third-order valence-corrected chi connectivity index (χ3v) is 1.98. The van der Waals surface area contributed by atoms with Crippen molar-refractivity contribution in [2.75, 3.05) is 27.4 Å². The lowest BCUT2D eigenvalue weighted by Crippen LogP contribution is -2.42. The molecule has 14 heavy (non-hydrogen) atoms. The number of rotatable bonds is 8. The summed E-state index contributed by atoms with van der Waals surface area (Å²) in [5, 5.41) is 11.7. The topological polar surface area (TPSA) is 67.8 Å². The molecule has 0 aromatic carbocycles. The predicted octanol–water partition coefficient (Wildman–Crippen LogP) is 0.101. The van der Waals surface area contributed by atoms with Crippen LogP contribution in [-0.2, 0) is 14.3 Å². The molecule has 0 spiro atoms. The zero-order valence-corrected chi connectivity index (χ0v) is 8.95. The fraction of sp³-hybridized carbons (Fsp3) is 0.889. The summed E-state index contributed by atoms with van der Waals surface area (Å²) in [5.41, 5.74) is 0. The molecule has 0 saturated carbocycles. The fourth-order valence-electron chi connectivity index (χ4n) is 1.08. The molecular weight excluding hydrogens is 186 g/mol. The standard InChI is InChI=1S/C9H19NO4/c1-4-8(9(11)12)10-5-7(14-3)6-13-2/h7-8,10H,4-6H2,1-3H3,(H,11,12). The molecule has 0 heterocycles. The van der Waals surface area contributed by atoms with Crippen molar-refractivity contribution in [2.24, 2.45) is 0 Å². The maximum absolute atomic E-state index is 10.7. The van der Waals surface area contributed by atoms with Gasteiger partial charge in [-0.2, -0.15) is 0 Å². The second-order valence-corrected chi connectivity index (χ2v) is 3.02.